The molecule has 1 fully saturated rings. The first-order chi connectivity index (χ1) is 14.2. The second kappa shape index (κ2) is 8.04. The Kier molecular flexibility index (Phi) is 5.59. The van der Waals surface area contributed by atoms with Crippen molar-refractivity contribution in [3.8, 4) is 0 Å². The molecule has 30 heavy (non-hydrogen) atoms. The van der Waals surface area contributed by atoms with Gasteiger partial charge in [-0.3, -0.25) is 9.59 Å². The average molecular weight is 447 g/mol. The first-order valence-electron chi connectivity index (χ1n) is 9.99. The zero-order chi connectivity index (χ0) is 21.5. The third kappa shape index (κ3) is 4.37. The lowest BCUT2D eigenvalue weighted by atomic mass is 10.1. The summed E-state index contributed by atoms with van der Waals surface area (Å²) in [5, 5.41) is 3.22. The summed E-state index contributed by atoms with van der Waals surface area (Å²) in [5.41, 5.74) is 2.23. The van der Waals surface area contributed by atoms with Gasteiger partial charge in [0, 0.05) is 34.8 Å². The molecule has 1 aliphatic carbocycles. The van der Waals surface area contributed by atoms with E-state index in [1.807, 2.05) is 11.8 Å². The molecule has 0 saturated heterocycles. The number of halogens is 1. The molecule has 0 aromatic heterocycles. The molecule has 2 aliphatic rings. The SMILES string of the molecule is CC1Cc2cc(S(=O)(=O)CCC(=O)Nc3ccc(Cl)cc3)ccc2N1C(=O)C1CC1. The van der Waals surface area contributed by atoms with Crippen LogP contribution in [0, 0.1) is 5.92 Å². The minimum Gasteiger partial charge on any atom is -0.326 e. The van der Waals surface area contributed by atoms with Gasteiger partial charge in [0.1, 0.15) is 0 Å². The van der Waals surface area contributed by atoms with Crippen molar-refractivity contribution >= 4 is 44.6 Å². The Labute approximate surface area is 181 Å². The molecule has 1 aliphatic heterocycles. The number of nitrogens with one attached hydrogen (secondary N) is 1. The standard InChI is InChI=1S/C22H23ClN2O4S/c1-14-12-16-13-19(8-9-20(16)25(14)22(27)15-2-3-15)30(28,29)11-10-21(26)24-18-6-4-17(23)5-7-18/h4-9,13-15H,2-3,10-12H2,1H3,(H,24,26). The smallest absolute Gasteiger partial charge is 0.230 e. The highest BCUT2D eigenvalue weighted by Crippen LogP contribution is 2.39. The van der Waals surface area contributed by atoms with Crippen LogP contribution in [0.15, 0.2) is 47.4 Å². The summed E-state index contributed by atoms with van der Waals surface area (Å²) >= 11 is 5.82. The van der Waals surface area contributed by atoms with E-state index in [1.165, 1.54) is 6.07 Å². The van der Waals surface area contributed by atoms with Crippen LogP contribution in [0.2, 0.25) is 5.02 Å². The Balaban J connectivity index is 1.43. The van der Waals surface area contributed by atoms with Gasteiger partial charge >= 0.3 is 0 Å². The molecule has 0 bridgehead atoms. The average Bonchev–Trinajstić information content (AvgIpc) is 3.50. The normalized spacial score (nSPS) is 18.2. The van der Waals surface area contributed by atoms with Crippen molar-refractivity contribution in [2.45, 2.75) is 43.5 Å². The summed E-state index contributed by atoms with van der Waals surface area (Å²) in [7, 11) is -3.62. The maximum absolute atomic E-state index is 12.8. The lowest BCUT2D eigenvalue weighted by Gasteiger charge is -2.22. The van der Waals surface area contributed by atoms with Gasteiger partial charge in [0.2, 0.25) is 11.8 Å². The molecular formula is C22H23ClN2O4S. The number of benzene rings is 2. The van der Waals surface area contributed by atoms with E-state index in [0.717, 1.165) is 24.1 Å². The Bertz CT molecular complexity index is 1090. The third-order valence-electron chi connectivity index (χ3n) is 5.52. The molecule has 0 radical (unpaired) electrons. The zero-order valence-electron chi connectivity index (χ0n) is 16.6. The molecule has 8 heteroatoms. The molecule has 2 amide bonds. The van der Waals surface area contributed by atoms with Gasteiger partial charge in [0.25, 0.3) is 0 Å². The van der Waals surface area contributed by atoms with Crippen molar-refractivity contribution in [2.75, 3.05) is 16.0 Å². The van der Waals surface area contributed by atoms with E-state index in [0.29, 0.717) is 17.1 Å². The minimum atomic E-state index is -3.62. The van der Waals surface area contributed by atoms with Crippen molar-refractivity contribution in [1.29, 1.82) is 0 Å². The van der Waals surface area contributed by atoms with Gasteiger partial charge in [0.05, 0.1) is 10.6 Å². The summed E-state index contributed by atoms with van der Waals surface area (Å²) < 4.78 is 25.5. The van der Waals surface area contributed by atoms with E-state index in [4.69, 9.17) is 11.6 Å². The maximum Gasteiger partial charge on any atom is 0.230 e. The topological polar surface area (TPSA) is 83.6 Å². The number of carbonyl (C=O) groups excluding carboxylic acids is 2. The van der Waals surface area contributed by atoms with Crippen LogP contribution in [0.3, 0.4) is 0 Å². The van der Waals surface area contributed by atoms with Crippen molar-refractivity contribution in [2.24, 2.45) is 5.92 Å². The summed E-state index contributed by atoms with van der Waals surface area (Å²) in [4.78, 5) is 26.7. The van der Waals surface area contributed by atoms with Crippen LogP contribution in [0.25, 0.3) is 0 Å². The molecule has 1 atom stereocenters. The van der Waals surface area contributed by atoms with Crippen LogP contribution in [-0.4, -0.2) is 32.0 Å². The van der Waals surface area contributed by atoms with Crippen molar-refractivity contribution in [3.05, 3.63) is 53.1 Å². The quantitative estimate of drug-likeness (QED) is 0.730. The van der Waals surface area contributed by atoms with Gasteiger partial charge in [-0.2, -0.15) is 0 Å². The molecule has 1 unspecified atom stereocenters. The van der Waals surface area contributed by atoms with E-state index in [9.17, 15) is 18.0 Å². The van der Waals surface area contributed by atoms with Gasteiger partial charge in [-0.25, -0.2) is 8.42 Å². The van der Waals surface area contributed by atoms with Crippen LogP contribution in [0.4, 0.5) is 11.4 Å². The fourth-order valence-electron chi connectivity index (χ4n) is 3.77. The number of amides is 2. The fourth-order valence-corrected chi connectivity index (χ4v) is 5.18. The Morgan fingerprint density at radius 2 is 1.83 bits per heavy atom. The molecule has 1 saturated carbocycles. The minimum absolute atomic E-state index is 0.0243. The second-order valence-corrected chi connectivity index (χ2v) is 10.5. The Morgan fingerprint density at radius 3 is 2.50 bits per heavy atom. The highest BCUT2D eigenvalue weighted by Gasteiger charge is 2.39. The van der Waals surface area contributed by atoms with Crippen LogP contribution in [0.5, 0.6) is 0 Å². The summed E-state index contributed by atoms with van der Waals surface area (Å²) in [5.74, 6) is -0.417. The summed E-state index contributed by atoms with van der Waals surface area (Å²) in [6.07, 6.45) is 2.35. The molecule has 2 aromatic carbocycles. The highest BCUT2D eigenvalue weighted by molar-refractivity contribution is 7.91. The summed E-state index contributed by atoms with van der Waals surface area (Å²) in [6.45, 7) is 1.98. The van der Waals surface area contributed by atoms with Crippen LogP contribution < -0.4 is 10.2 Å². The maximum atomic E-state index is 12.8. The van der Waals surface area contributed by atoms with Crippen LogP contribution >= 0.6 is 11.6 Å². The summed E-state index contributed by atoms with van der Waals surface area (Å²) in [6, 6.07) is 11.6. The lowest BCUT2D eigenvalue weighted by molar-refractivity contribution is -0.120. The van der Waals surface area contributed by atoms with Gasteiger partial charge in [0.15, 0.2) is 9.84 Å². The number of carbonyl (C=O) groups is 2. The van der Waals surface area contributed by atoms with E-state index < -0.39 is 9.84 Å². The number of hydrogen-bond donors (Lipinski definition) is 1. The molecule has 0 spiro atoms. The van der Waals surface area contributed by atoms with Gasteiger partial charge < -0.3 is 10.2 Å². The monoisotopic (exact) mass is 446 g/mol. The van der Waals surface area contributed by atoms with Gasteiger partial charge in [-0.15, -0.1) is 0 Å². The van der Waals surface area contributed by atoms with Crippen molar-refractivity contribution in [3.63, 3.8) is 0 Å². The van der Waals surface area contributed by atoms with Crippen molar-refractivity contribution in [1.82, 2.24) is 0 Å². The number of anilines is 2. The number of sulfone groups is 1. The zero-order valence-corrected chi connectivity index (χ0v) is 18.2. The Morgan fingerprint density at radius 1 is 1.13 bits per heavy atom. The molecule has 1 N–H and O–H groups in total. The van der Waals surface area contributed by atoms with E-state index in [1.54, 1.807) is 36.4 Å². The first-order valence-corrected chi connectivity index (χ1v) is 12.0. The number of fused-ring (bicyclic) bond motifs is 1. The predicted molar refractivity (Wildman–Crippen MR) is 117 cm³/mol. The molecule has 4 rings (SSSR count). The second-order valence-electron chi connectivity index (χ2n) is 7.95. The van der Waals surface area contributed by atoms with Crippen molar-refractivity contribution < 1.29 is 18.0 Å². The predicted octanol–water partition coefficient (Wildman–Crippen LogP) is 3.83. The van der Waals surface area contributed by atoms with E-state index >= 15 is 0 Å². The molecule has 2 aromatic rings. The number of hydrogen-bond acceptors (Lipinski definition) is 4. The van der Waals surface area contributed by atoms with Crippen LogP contribution in [-0.2, 0) is 25.8 Å². The van der Waals surface area contributed by atoms with Gasteiger partial charge in [-0.1, -0.05) is 11.6 Å². The largest absolute Gasteiger partial charge is 0.326 e. The van der Waals surface area contributed by atoms with E-state index in [2.05, 4.69) is 5.32 Å². The molecular weight excluding hydrogens is 424 g/mol. The lowest BCUT2D eigenvalue weighted by Crippen LogP contribution is -2.36. The van der Waals surface area contributed by atoms with Gasteiger partial charge in [-0.05, 0) is 74.2 Å². The molecule has 158 valence electrons. The third-order valence-corrected chi connectivity index (χ3v) is 7.48. The van der Waals surface area contributed by atoms with E-state index in [-0.39, 0.29) is 40.8 Å². The first kappa shape index (κ1) is 20.9. The number of rotatable bonds is 6. The van der Waals surface area contributed by atoms with Crippen LogP contribution in [0.1, 0.15) is 31.7 Å². The molecule has 6 nitrogen and oxygen atoms in total. The number of nitrogens with zero attached hydrogens (tertiary/aromatic N) is 1. The molecule has 1 heterocycles. The highest BCUT2D eigenvalue weighted by atomic mass is 35.5. The fraction of sp³-hybridized carbons (Fsp3) is 0.364. The Hall–Kier alpha value is -2.38.